The third-order valence-corrected chi connectivity index (χ3v) is 2.50. The van der Waals surface area contributed by atoms with Crippen LogP contribution < -0.4 is 0 Å². The molecular weight excluding hydrogens is 176 g/mol. The van der Waals surface area contributed by atoms with Crippen molar-refractivity contribution < 1.29 is 9.53 Å². The molecular formula is C12H12O2. The van der Waals surface area contributed by atoms with E-state index >= 15 is 0 Å². The zero-order valence-corrected chi connectivity index (χ0v) is 7.90. The van der Waals surface area contributed by atoms with Crippen molar-refractivity contribution in [1.29, 1.82) is 0 Å². The number of carbonyl (C=O) groups excluding carboxylic acids is 1. The highest BCUT2D eigenvalue weighted by atomic mass is 16.5. The SMILES string of the molecule is C=CC(=O)OC1CCc2ccccc21. The molecule has 1 unspecified atom stereocenters. The minimum Gasteiger partial charge on any atom is -0.454 e. The molecule has 0 fully saturated rings. The Hall–Kier alpha value is -1.57. The molecule has 72 valence electrons. The van der Waals surface area contributed by atoms with Crippen LogP contribution in [0.2, 0.25) is 0 Å². The van der Waals surface area contributed by atoms with E-state index in [1.807, 2.05) is 18.2 Å². The number of hydrogen-bond donors (Lipinski definition) is 0. The first-order chi connectivity index (χ1) is 6.81. The minimum absolute atomic E-state index is 0.0725. The second kappa shape index (κ2) is 3.66. The van der Waals surface area contributed by atoms with Crippen LogP contribution in [0.4, 0.5) is 0 Å². The Labute approximate surface area is 83.2 Å². The molecule has 0 aliphatic heterocycles. The van der Waals surface area contributed by atoms with Gasteiger partial charge < -0.3 is 4.74 Å². The Bertz CT molecular complexity index is 368. The van der Waals surface area contributed by atoms with Crippen LogP contribution in [-0.2, 0) is 16.0 Å². The maximum absolute atomic E-state index is 11.0. The summed E-state index contributed by atoms with van der Waals surface area (Å²) in [5.41, 5.74) is 2.43. The molecule has 2 heteroatoms. The van der Waals surface area contributed by atoms with E-state index in [9.17, 15) is 4.79 Å². The molecule has 0 amide bonds. The lowest BCUT2D eigenvalue weighted by Crippen LogP contribution is -2.05. The standard InChI is InChI=1S/C12H12O2/c1-2-12(13)14-11-8-7-9-5-3-4-6-10(9)11/h2-6,11H,1,7-8H2. The third kappa shape index (κ3) is 1.55. The van der Waals surface area contributed by atoms with E-state index in [-0.39, 0.29) is 12.1 Å². The fourth-order valence-electron chi connectivity index (χ4n) is 1.83. The molecule has 2 nitrogen and oxygen atoms in total. The normalized spacial score (nSPS) is 18.7. The molecule has 2 rings (SSSR count). The van der Waals surface area contributed by atoms with Crippen molar-refractivity contribution in [3.63, 3.8) is 0 Å². The maximum Gasteiger partial charge on any atom is 0.330 e. The summed E-state index contributed by atoms with van der Waals surface area (Å²) < 4.78 is 5.23. The van der Waals surface area contributed by atoms with E-state index in [1.54, 1.807) is 0 Å². The monoisotopic (exact) mass is 188 g/mol. The van der Waals surface area contributed by atoms with Gasteiger partial charge in [-0.1, -0.05) is 30.8 Å². The number of hydrogen-bond acceptors (Lipinski definition) is 2. The van der Waals surface area contributed by atoms with Crippen LogP contribution in [0, 0.1) is 0 Å². The Morgan fingerprint density at radius 2 is 2.29 bits per heavy atom. The Morgan fingerprint density at radius 1 is 1.50 bits per heavy atom. The van der Waals surface area contributed by atoms with Gasteiger partial charge in [0.1, 0.15) is 6.10 Å². The van der Waals surface area contributed by atoms with E-state index in [4.69, 9.17) is 4.74 Å². The molecule has 0 radical (unpaired) electrons. The number of benzene rings is 1. The molecule has 0 N–H and O–H groups in total. The van der Waals surface area contributed by atoms with Gasteiger partial charge in [-0.15, -0.1) is 0 Å². The van der Waals surface area contributed by atoms with Gasteiger partial charge in [0.2, 0.25) is 0 Å². The molecule has 1 atom stereocenters. The molecule has 1 aliphatic rings. The fourth-order valence-corrected chi connectivity index (χ4v) is 1.83. The second-order valence-corrected chi connectivity index (χ2v) is 3.37. The van der Waals surface area contributed by atoms with Gasteiger partial charge in [-0.05, 0) is 24.0 Å². The summed E-state index contributed by atoms with van der Waals surface area (Å²) in [6, 6.07) is 8.08. The van der Waals surface area contributed by atoms with Crippen LogP contribution >= 0.6 is 0 Å². The summed E-state index contributed by atoms with van der Waals surface area (Å²) in [4.78, 5) is 11.0. The van der Waals surface area contributed by atoms with Crippen molar-refractivity contribution in [2.45, 2.75) is 18.9 Å². The number of aryl methyl sites for hydroxylation is 1. The highest BCUT2D eigenvalue weighted by molar-refractivity contribution is 5.81. The van der Waals surface area contributed by atoms with Gasteiger partial charge >= 0.3 is 5.97 Å². The smallest absolute Gasteiger partial charge is 0.330 e. The van der Waals surface area contributed by atoms with E-state index < -0.39 is 0 Å². The number of fused-ring (bicyclic) bond motifs is 1. The quantitative estimate of drug-likeness (QED) is 0.526. The van der Waals surface area contributed by atoms with Crippen LogP contribution in [0.5, 0.6) is 0 Å². The van der Waals surface area contributed by atoms with Gasteiger partial charge in [0.25, 0.3) is 0 Å². The van der Waals surface area contributed by atoms with E-state index in [0.717, 1.165) is 18.4 Å². The lowest BCUT2D eigenvalue weighted by molar-refractivity contribution is -0.143. The summed E-state index contributed by atoms with van der Waals surface area (Å²) in [6.07, 6.45) is 3.02. The zero-order chi connectivity index (χ0) is 9.97. The first-order valence-electron chi connectivity index (χ1n) is 4.72. The Balaban J connectivity index is 2.18. The number of rotatable bonds is 2. The molecule has 1 aliphatic carbocycles. The topological polar surface area (TPSA) is 26.3 Å². The van der Waals surface area contributed by atoms with Crippen LogP contribution in [0.25, 0.3) is 0 Å². The van der Waals surface area contributed by atoms with Gasteiger partial charge in [-0.25, -0.2) is 4.79 Å². The highest BCUT2D eigenvalue weighted by Crippen LogP contribution is 2.33. The lowest BCUT2D eigenvalue weighted by Gasteiger charge is -2.11. The van der Waals surface area contributed by atoms with Crippen LogP contribution in [0.3, 0.4) is 0 Å². The molecule has 14 heavy (non-hydrogen) atoms. The van der Waals surface area contributed by atoms with Crippen molar-refractivity contribution in [3.05, 3.63) is 48.0 Å². The summed E-state index contributed by atoms with van der Waals surface area (Å²) in [7, 11) is 0. The van der Waals surface area contributed by atoms with Crippen molar-refractivity contribution in [3.8, 4) is 0 Å². The zero-order valence-electron chi connectivity index (χ0n) is 7.90. The molecule has 0 aromatic heterocycles. The lowest BCUT2D eigenvalue weighted by atomic mass is 10.1. The highest BCUT2D eigenvalue weighted by Gasteiger charge is 2.24. The summed E-state index contributed by atoms with van der Waals surface area (Å²) in [5, 5.41) is 0. The van der Waals surface area contributed by atoms with E-state index in [1.165, 1.54) is 11.6 Å². The predicted octanol–water partition coefficient (Wildman–Crippen LogP) is 2.40. The molecule has 0 saturated heterocycles. The van der Waals surface area contributed by atoms with Crippen molar-refractivity contribution in [2.75, 3.05) is 0 Å². The molecule has 0 saturated carbocycles. The predicted molar refractivity (Wildman–Crippen MR) is 53.8 cm³/mol. The van der Waals surface area contributed by atoms with Gasteiger partial charge in [0, 0.05) is 6.08 Å². The largest absolute Gasteiger partial charge is 0.454 e. The fraction of sp³-hybridized carbons (Fsp3) is 0.250. The Kier molecular flexibility index (Phi) is 2.35. The first kappa shape index (κ1) is 9.00. The first-order valence-corrected chi connectivity index (χ1v) is 4.72. The molecule has 0 spiro atoms. The minimum atomic E-state index is -0.341. The van der Waals surface area contributed by atoms with Crippen LogP contribution in [0.1, 0.15) is 23.7 Å². The number of esters is 1. The van der Waals surface area contributed by atoms with Crippen molar-refractivity contribution in [2.24, 2.45) is 0 Å². The van der Waals surface area contributed by atoms with Gasteiger partial charge in [-0.3, -0.25) is 0 Å². The van der Waals surface area contributed by atoms with Crippen LogP contribution in [-0.4, -0.2) is 5.97 Å². The average Bonchev–Trinajstić information content (AvgIpc) is 2.62. The van der Waals surface area contributed by atoms with Crippen LogP contribution in [0.15, 0.2) is 36.9 Å². The molecule has 0 heterocycles. The summed E-state index contributed by atoms with van der Waals surface area (Å²) in [5.74, 6) is -0.341. The van der Waals surface area contributed by atoms with E-state index in [2.05, 4.69) is 12.6 Å². The van der Waals surface area contributed by atoms with Gasteiger partial charge in [0.15, 0.2) is 0 Å². The van der Waals surface area contributed by atoms with Crippen molar-refractivity contribution in [1.82, 2.24) is 0 Å². The third-order valence-electron chi connectivity index (χ3n) is 2.50. The average molecular weight is 188 g/mol. The summed E-state index contributed by atoms with van der Waals surface area (Å²) >= 11 is 0. The van der Waals surface area contributed by atoms with Gasteiger partial charge in [-0.2, -0.15) is 0 Å². The number of carbonyl (C=O) groups is 1. The van der Waals surface area contributed by atoms with Crippen molar-refractivity contribution >= 4 is 5.97 Å². The Morgan fingerprint density at radius 3 is 3.07 bits per heavy atom. The molecule has 1 aromatic carbocycles. The number of ether oxygens (including phenoxy) is 1. The van der Waals surface area contributed by atoms with Gasteiger partial charge in [0.05, 0.1) is 0 Å². The maximum atomic E-state index is 11.0. The van der Waals surface area contributed by atoms with E-state index in [0.29, 0.717) is 0 Å². The molecule has 0 bridgehead atoms. The summed E-state index contributed by atoms with van der Waals surface area (Å²) in [6.45, 7) is 3.38. The molecule has 1 aromatic rings. The second-order valence-electron chi connectivity index (χ2n) is 3.37.